The zero-order valence-corrected chi connectivity index (χ0v) is 24.9. The van der Waals surface area contributed by atoms with E-state index in [-0.39, 0.29) is 23.8 Å². The molecule has 0 aromatic heterocycles. The van der Waals surface area contributed by atoms with Crippen LogP contribution in [0, 0.1) is 17.2 Å². The molecule has 0 spiro atoms. The third-order valence-corrected chi connectivity index (χ3v) is 7.82. The second-order valence-electron chi connectivity index (χ2n) is 11.4. The van der Waals surface area contributed by atoms with Crippen molar-refractivity contribution in [2.75, 3.05) is 35.0 Å². The maximum Gasteiger partial charge on any atom is 0.306 e. The van der Waals surface area contributed by atoms with Crippen molar-refractivity contribution in [3.8, 4) is 22.6 Å². The number of benzene rings is 3. The minimum Gasteiger partial charge on any atom is -0.497 e. The summed E-state index contributed by atoms with van der Waals surface area (Å²) in [5.74, 6) is 1.38. The highest BCUT2D eigenvalue weighted by Gasteiger charge is 2.35. The Hall–Kier alpha value is -3.42. The zero-order valence-electron chi connectivity index (χ0n) is 24.9. The van der Waals surface area contributed by atoms with Gasteiger partial charge in [0.2, 0.25) is 0 Å². The number of rotatable bonds is 14. The van der Waals surface area contributed by atoms with E-state index in [9.17, 15) is 4.79 Å². The summed E-state index contributed by atoms with van der Waals surface area (Å²) >= 11 is 0. The third kappa shape index (κ3) is 7.46. The number of carbonyl (C=O) groups excluding carboxylic acids is 1. The summed E-state index contributed by atoms with van der Waals surface area (Å²) in [6.45, 7) is 4.89. The van der Waals surface area contributed by atoms with Crippen molar-refractivity contribution in [2.45, 2.75) is 51.7 Å². The van der Waals surface area contributed by atoms with E-state index in [2.05, 4.69) is 19.9 Å². The number of hydrogen-bond acceptors (Lipinski definition) is 6. The van der Waals surface area contributed by atoms with Crippen LogP contribution in [-0.2, 0) is 25.6 Å². The number of esters is 1. The zero-order chi connectivity index (χ0) is 29.6. The van der Waals surface area contributed by atoms with E-state index in [0.29, 0.717) is 36.9 Å². The number of ether oxygens (including phenoxy) is 5. The highest BCUT2D eigenvalue weighted by molar-refractivity contribution is 5.71. The van der Waals surface area contributed by atoms with Crippen LogP contribution in [0.1, 0.15) is 61.8 Å². The van der Waals surface area contributed by atoms with Crippen molar-refractivity contribution in [3.05, 3.63) is 83.2 Å². The van der Waals surface area contributed by atoms with E-state index in [1.54, 1.807) is 33.5 Å². The van der Waals surface area contributed by atoms with Gasteiger partial charge >= 0.3 is 5.97 Å². The molecule has 0 aliphatic heterocycles. The first-order valence-corrected chi connectivity index (χ1v) is 14.0. The molecule has 0 N–H and O–H groups in total. The number of halogens is 1. The van der Waals surface area contributed by atoms with Crippen LogP contribution < -0.4 is 9.47 Å². The van der Waals surface area contributed by atoms with Crippen molar-refractivity contribution in [1.29, 1.82) is 0 Å². The van der Waals surface area contributed by atoms with Crippen LogP contribution in [0.15, 0.2) is 60.7 Å². The lowest BCUT2D eigenvalue weighted by molar-refractivity contribution is -0.141. The fraction of sp³-hybridized carbons (Fsp3) is 0.441. The summed E-state index contributed by atoms with van der Waals surface area (Å²) < 4.78 is 43.2. The second kappa shape index (κ2) is 13.5. The Balaban J connectivity index is 1.65. The van der Waals surface area contributed by atoms with Crippen molar-refractivity contribution in [2.24, 2.45) is 11.3 Å². The first-order valence-electron chi connectivity index (χ1n) is 14.0. The van der Waals surface area contributed by atoms with E-state index in [4.69, 9.17) is 23.7 Å². The van der Waals surface area contributed by atoms with E-state index < -0.39 is 5.41 Å². The van der Waals surface area contributed by atoms with E-state index in [1.807, 2.05) is 36.4 Å². The van der Waals surface area contributed by atoms with Gasteiger partial charge in [0, 0.05) is 25.2 Å². The maximum absolute atomic E-state index is 15.1. The monoisotopic (exact) mass is 564 g/mol. The molecule has 41 heavy (non-hydrogen) atoms. The van der Waals surface area contributed by atoms with Crippen LogP contribution in [0.25, 0.3) is 11.1 Å². The quantitative estimate of drug-likeness (QED) is 0.189. The van der Waals surface area contributed by atoms with Gasteiger partial charge in [-0.15, -0.1) is 0 Å². The topological polar surface area (TPSA) is 63.2 Å². The molecule has 3 aromatic carbocycles. The van der Waals surface area contributed by atoms with Crippen LogP contribution in [0.5, 0.6) is 11.5 Å². The van der Waals surface area contributed by atoms with Gasteiger partial charge in [-0.3, -0.25) is 4.79 Å². The van der Waals surface area contributed by atoms with Crippen LogP contribution in [-0.4, -0.2) is 41.0 Å². The molecule has 3 aromatic rings. The molecule has 1 aliphatic rings. The highest BCUT2D eigenvalue weighted by Crippen LogP contribution is 2.45. The first kappa shape index (κ1) is 30.5. The molecule has 0 saturated heterocycles. The lowest BCUT2D eigenvalue weighted by atomic mass is 9.80. The summed E-state index contributed by atoms with van der Waals surface area (Å²) in [4.78, 5) is 12.0. The minimum absolute atomic E-state index is 0.125. The normalized spacial score (nSPS) is 14.8. The van der Waals surface area contributed by atoms with E-state index >= 15 is 4.39 Å². The van der Waals surface area contributed by atoms with Crippen molar-refractivity contribution in [3.63, 3.8) is 0 Å². The van der Waals surface area contributed by atoms with E-state index in [0.717, 1.165) is 40.8 Å². The Labute approximate surface area is 242 Å². The summed E-state index contributed by atoms with van der Waals surface area (Å²) in [5, 5.41) is 0. The fourth-order valence-electron chi connectivity index (χ4n) is 5.64. The van der Waals surface area contributed by atoms with Gasteiger partial charge in [0.25, 0.3) is 0 Å². The number of methoxy groups -OCH3 is 4. The average molecular weight is 565 g/mol. The molecular formula is C34H41FO6. The molecule has 4 rings (SSSR count). The first-order chi connectivity index (χ1) is 19.7. The fourth-order valence-corrected chi connectivity index (χ4v) is 5.64. The Kier molecular flexibility index (Phi) is 10.1. The smallest absolute Gasteiger partial charge is 0.306 e. The Morgan fingerprint density at radius 2 is 1.73 bits per heavy atom. The predicted molar refractivity (Wildman–Crippen MR) is 157 cm³/mol. The van der Waals surface area contributed by atoms with Gasteiger partial charge in [0.15, 0.2) is 0 Å². The standard InChI is InChI=1S/C34H41FO6/c1-34(2,21-37-3)33(40-6)30-16-22(10-14-27(30)29-18-25(38-4)13-15-31(29)35)20-41-26-9-7-8-24(17-26)28(23-11-12-23)19-32(36)39-5/h7-10,13-18,23,28,33H,11-12,19-21H2,1-6H3/t28?,33-/m1/s1. The molecule has 0 radical (unpaired) electrons. The average Bonchev–Trinajstić information content (AvgIpc) is 3.81. The molecule has 1 fully saturated rings. The van der Waals surface area contributed by atoms with Crippen LogP contribution in [0.4, 0.5) is 4.39 Å². The Morgan fingerprint density at radius 3 is 2.39 bits per heavy atom. The van der Waals surface area contributed by atoms with Crippen LogP contribution >= 0.6 is 0 Å². The summed E-state index contributed by atoms with van der Waals surface area (Å²) in [5.41, 5.74) is 3.59. The molecule has 0 bridgehead atoms. The summed E-state index contributed by atoms with van der Waals surface area (Å²) in [6, 6.07) is 18.6. The van der Waals surface area contributed by atoms with Gasteiger partial charge < -0.3 is 23.7 Å². The third-order valence-electron chi connectivity index (χ3n) is 7.82. The largest absolute Gasteiger partial charge is 0.497 e. The van der Waals surface area contributed by atoms with Gasteiger partial charge in [0.1, 0.15) is 23.9 Å². The molecule has 1 aliphatic carbocycles. The number of carbonyl (C=O) groups is 1. The second-order valence-corrected chi connectivity index (χ2v) is 11.4. The summed E-state index contributed by atoms with van der Waals surface area (Å²) in [6.07, 6.45) is 2.22. The molecule has 0 heterocycles. The molecular weight excluding hydrogens is 523 g/mol. The highest BCUT2D eigenvalue weighted by atomic mass is 19.1. The molecule has 2 atom stereocenters. The van der Waals surface area contributed by atoms with E-state index in [1.165, 1.54) is 13.2 Å². The van der Waals surface area contributed by atoms with Crippen LogP contribution in [0.2, 0.25) is 0 Å². The molecule has 6 nitrogen and oxygen atoms in total. The minimum atomic E-state index is -0.404. The predicted octanol–water partition coefficient (Wildman–Crippen LogP) is 7.50. The Morgan fingerprint density at radius 1 is 0.951 bits per heavy atom. The molecule has 7 heteroatoms. The van der Waals surface area contributed by atoms with Gasteiger partial charge in [-0.25, -0.2) is 4.39 Å². The van der Waals surface area contributed by atoms with Gasteiger partial charge in [-0.05, 0) is 83.3 Å². The van der Waals surface area contributed by atoms with Gasteiger partial charge in [0.05, 0.1) is 33.4 Å². The molecule has 1 unspecified atom stereocenters. The van der Waals surface area contributed by atoms with Crippen molar-refractivity contribution in [1.82, 2.24) is 0 Å². The van der Waals surface area contributed by atoms with Crippen LogP contribution in [0.3, 0.4) is 0 Å². The lowest BCUT2D eigenvalue weighted by Crippen LogP contribution is -2.29. The van der Waals surface area contributed by atoms with Crippen molar-refractivity contribution >= 4 is 5.97 Å². The maximum atomic E-state index is 15.1. The van der Waals surface area contributed by atoms with Crippen molar-refractivity contribution < 1.29 is 32.9 Å². The molecule has 1 saturated carbocycles. The summed E-state index contributed by atoms with van der Waals surface area (Å²) in [7, 11) is 6.31. The number of hydrogen-bond donors (Lipinski definition) is 0. The molecule has 0 amide bonds. The lowest BCUT2D eigenvalue weighted by Gasteiger charge is -2.34. The SMILES string of the molecule is COCC(C)(C)[C@H](OC)c1cc(COc2cccc(C(CC(=O)OC)C3CC3)c2)ccc1-c1cc(OC)ccc1F. The molecule has 220 valence electrons. The van der Waals surface area contributed by atoms with Gasteiger partial charge in [-0.1, -0.05) is 38.1 Å². The van der Waals surface area contributed by atoms with Gasteiger partial charge in [-0.2, -0.15) is 0 Å². The Bertz CT molecular complexity index is 1330.